The number of hydrogen-bond donors (Lipinski definition) is 1. The van der Waals surface area contributed by atoms with Crippen LogP contribution in [0, 0.1) is 0 Å². The molecule has 0 fully saturated rings. The molecule has 1 N–H and O–H groups in total. The average molecular weight is 400 g/mol. The zero-order valence-corrected chi connectivity index (χ0v) is 15.0. The van der Waals surface area contributed by atoms with Crippen LogP contribution in [0.4, 0.5) is 14.5 Å². The van der Waals surface area contributed by atoms with E-state index in [0.717, 1.165) is 10.8 Å². The Hall–Kier alpha value is -3.32. The van der Waals surface area contributed by atoms with Crippen LogP contribution in [-0.4, -0.2) is 22.5 Å². The molecule has 4 rings (SSSR count). The molecule has 0 saturated heterocycles. The van der Waals surface area contributed by atoms with Gasteiger partial charge in [0.25, 0.3) is 5.91 Å². The molecular formula is C20H12ClF2N3O2. The van der Waals surface area contributed by atoms with Gasteiger partial charge in [0.15, 0.2) is 5.75 Å². The van der Waals surface area contributed by atoms with Crippen molar-refractivity contribution in [1.29, 1.82) is 0 Å². The van der Waals surface area contributed by atoms with Gasteiger partial charge in [0, 0.05) is 17.0 Å². The minimum Gasteiger partial charge on any atom is -0.432 e. The molecule has 0 atom stereocenters. The summed E-state index contributed by atoms with van der Waals surface area (Å²) >= 11 is 6.18. The fourth-order valence-corrected chi connectivity index (χ4v) is 3.17. The Morgan fingerprint density at radius 1 is 1.07 bits per heavy atom. The first kappa shape index (κ1) is 18.1. The number of anilines is 1. The van der Waals surface area contributed by atoms with Gasteiger partial charge in [-0.25, -0.2) is 4.98 Å². The molecule has 1 amide bonds. The minimum absolute atomic E-state index is 0.0736. The summed E-state index contributed by atoms with van der Waals surface area (Å²) in [4.78, 5) is 20.9. The topological polar surface area (TPSA) is 64.1 Å². The van der Waals surface area contributed by atoms with Gasteiger partial charge < -0.3 is 10.1 Å². The molecule has 2 aromatic carbocycles. The lowest BCUT2D eigenvalue weighted by atomic mass is 10.1. The lowest BCUT2D eigenvalue weighted by molar-refractivity contribution is -0.0489. The van der Waals surface area contributed by atoms with Crippen molar-refractivity contribution in [2.45, 2.75) is 6.61 Å². The van der Waals surface area contributed by atoms with Crippen molar-refractivity contribution in [3.8, 4) is 5.75 Å². The summed E-state index contributed by atoms with van der Waals surface area (Å²) in [6, 6.07) is 15.0. The van der Waals surface area contributed by atoms with Gasteiger partial charge >= 0.3 is 6.61 Å². The number of carbonyl (C=O) groups excluding carboxylic acids is 1. The van der Waals surface area contributed by atoms with Crippen LogP contribution in [-0.2, 0) is 0 Å². The highest BCUT2D eigenvalue weighted by atomic mass is 35.5. The minimum atomic E-state index is -2.98. The lowest BCUT2D eigenvalue weighted by Crippen LogP contribution is -2.14. The summed E-state index contributed by atoms with van der Waals surface area (Å²) in [6.45, 7) is -2.98. The Morgan fingerprint density at radius 2 is 1.86 bits per heavy atom. The Morgan fingerprint density at radius 3 is 2.68 bits per heavy atom. The number of pyridine rings is 2. The number of ether oxygens (including phenoxy) is 1. The molecule has 140 valence electrons. The summed E-state index contributed by atoms with van der Waals surface area (Å²) in [5.41, 5.74) is 0.736. The molecule has 0 unspecified atom stereocenters. The molecular weight excluding hydrogens is 388 g/mol. The van der Waals surface area contributed by atoms with E-state index in [1.807, 2.05) is 24.3 Å². The third kappa shape index (κ3) is 3.44. The highest BCUT2D eigenvalue weighted by Gasteiger charge is 2.16. The number of benzene rings is 2. The SMILES string of the molecule is O=C(Nc1ccc(OC(F)F)c2ncccc12)c1cc2ccccc2c(Cl)n1. The maximum absolute atomic E-state index is 12.7. The number of carbonyl (C=O) groups is 1. The Balaban J connectivity index is 1.71. The molecule has 0 radical (unpaired) electrons. The molecule has 28 heavy (non-hydrogen) atoms. The molecule has 0 aliphatic carbocycles. The van der Waals surface area contributed by atoms with Crippen molar-refractivity contribution >= 4 is 44.9 Å². The molecule has 0 bridgehead atoms. The van der Waals surface area contributed by atoms with Gasteiger partial charge in [-0.1, -0.05) is 35.9 Å². The van der Waals surface area contributed by atoms with E-state index >= 15 is 0 Å². The third-order valence-electron chi connectivity index (χ3n) is 4.12. The highest BCUT2D eigenvalue weighted by Crippen LogP contribution is 2.31. The van der Waals surface area contributed by atoms with Crippen LogP contribution >= 0.6 is 11.6 Å². The van der Waals surface area contributed by atoms with E-state index in [0.29, 0.717) is 11.1 Å². The number of hydrogen-bond acceptors (Lipinski definition) is 4. The first-order valence-corrected chi connectivity index (χ1v) is 8.60. The normalized spacial score (nSPS) is 11.1. The Bertz CT molecular complexity index is 1200. The van der Waals surface area contributed by atoms with Crippen molar-refractivity contribution in [3.63, 3.8) is 0 Å². The van der Waals surface area contributed by atoms with E-state index in [9.17, 15) is 13.6 Å². The second kappa shape index (κ2) is 7.36. The smallest absolute Gasteiger partial charge is 0.387 e. The monoisotopic (exact) mass is 399 g/mol. The number of halogens is 3. The summed E-state index contributed by atoms with van der Waals surface area (Å²) in [5.74, 6) is -0.559. The van der Waals surface area contributed by atoms with Gasteiger partial charge in [-0.2, -0.15) is 8.78 Å². The van der Waals surface area contributed by atoms with Crippen molar-refractivity contribution in [2.24, 2.45) is 0 Å². The van der Waals surface area contributed by atoms with Gasteiger partial charge in [0.1, 0.15) is 16.4 Å². The largest absolute Gasteiger partial charge is 0.432 e. The van der Waals surface area contributed by atoms with Crippen LogP contribution < -0.4 is 10.1 Å². The van der Waals surface area contributed by atoms with Gasteiger partial charge in [-0.15, -0.1) is 0 Å². The molecule has 0 aliphatic heterocycles. The summed E-state index contributed by atoms with van der Waals surface area (Å²) in [7, 11) is 0. The van der Waals surface area contributed by atoms with Crippen LogP contribution in [0.25, 0.3) is 21.7 Å². The first-order valence-electron chi connectivity index (χ1n) is 8.22. The van der Waals surface area contributed by atoms with E-state index in [-0.39, 0.29) is 22.1 Å². The van der Waals surface area contributed by atoms with E-state index in [4.69, 9.17) is 11.6 Å². The molecule has 4 aromatic rings. The molecule has 0 aliphatic rings. The van der Waals surface area contributed by atoms with Crippen LogP contribution in [0.1, 0.15) is 10.5 Å². The molecule has 5 nitrogen and oxygen atoms in total. The van der Waals surface area contributed by atoms with Crippen LogP contribution in [0.2, 0.25) is 5.15 Å². The van der Waals surface area contributed by atoms with Gasteiger partial charge in [0.05, 0.1) is 5.69 Å². The second-order valence-corrected chi connectivity index (χ2v) is 6.22. The van der Waals surface area contributed by atoms with Gasteiger partial charge in [-0.05, 0) is 35.7 Å². The summed E-state index contributed by atoms with van der Waals surface area (Å²) in [6.07, 6.45) is 1.46. The Kier molecular flexibility index (Phi) is 4.75. The number of alkyl halides is 2. The number of fused-ring (bicyclic) bond motifs is 2. The first-order chi connectivity index (χ1) is 13.5. The highest BCUT2D eigenvalue weighted by molar-refractivity contribution is 6.34. The fraction of sp³-hybridized carbons (Fsp3) is 0.0500. The zero-order valence-electron chi connectivity index (χ0n) is 14.2. The quantitative estimate of drug-likeness (QED) is 0.473. The molecule has 2 heterocycles. The van der Waals surface area contributed by atoms with Gasteiger partial charge in [0.2, 0.25) is 0 Å². The van der Waals surface area contributed by atoms with E-state index in [2.05, 4.69) is 20.0 Å². The third-order valence-corrected chi connectivity index (χ3v) is 4.41. The summed E-state index contributed by atoms with van der Waals surface area (Å²) < 4.78 is 29.7. The predicted octanol–water partition coefficient (Wildman–Crippen LogP) is 5.29. The number of amides is 1. The zero-order chi connectivity index (χ0) is 19.7. The molecule has 2 aromatic heterocycles. The Labute approximate surface area is 162 Å². The van der Waals surface area contributed by atoms with Crippen LogP contribution in [0.3, 0.4) is 0 Å². The number of nitrogens with one attached hydrogen (secondary N) is 1. The second-order valence-electron chi connectivity index (χ2n) is 5.86. The molecule has 8 heteroatoms. The standard InChI is InChI=1S/C20H12ClF2N3O2/c21-18-12-5-2-1-4-11(12)10-15(25-18)19(27)26-14-7-8-16(28-20(22)23)17-13(14)6-3-9-24-17/h1-10,20H,(H,26,27). The van der Waals surface area contributed by atoms with Crippen LogP contribution in [0.15, 0.2) is 60.8 Å². The van der Waals surface area contributed by atoms with Crippen molar-refractivity contribution < 1.29 is 18.3 Å². The van der Waals surface area contributed by atoms with E-state index in [1.54, 1.807) is 18.2 Å². The fourth-order valence-electron chi connectivity index (χ4n) is 2.91. The predicted molar refractivity (Wildman–Crippen MR) is 103 cm³/mol. The van der Waals surface area contributed by atoms with E-state index < -0.39 is 12.5 Å². The maximum atomic E-state index is 12.7. The lowest BCUT2D eigenvalue weighted by Gasteiger charge is -2.12. The van der Waals surface area contributed by atoms with Crippen LogP contribution in [0.5, 0.6) is 5.75 Å². The molecule has 0 saturated carbocycles. The van der Waals surface area contributed by atoms with Crippen molar-refractivity contribution in [1.82, 2.24) is 9.97 Å². The van der Waals surface area contributed by atoms with E-state index in [1.165, 1.54) is 18.3 Å². The van der Waals surface area contributed by atoms with Gasteiger partial charge in [-0.3, -0.25) is 9.78 Å². The number of aromatic nitrogens is 2. The number of nitrogens with zero attached hydrogens (tertiary/aromatic N) is 2. The molecule has 0 spiro atoms. The van der Waals surface area contributed by atoms with Crippen molar-refractivity contribution in [3.05, 3.63) is 71.6 Å². The maximum Gasteiger partial charge on any atom is 0.387 e. The number of rotatable bonds is 4. The van der Waals surface area contributed by atoms with Crippen molar-refractivity contribution in [2.75, 3.05) is 5.32 Å². The average Bonchev–Trinajstić information content (AvgIpc) is 2.69. The summed E-state index contributed by atoms with van der Waals surface area (Å²) in [5, 5.41) is 4.93.